The Morgan fingerprint density at radius 3 is 2.52 bits per heavy atom. The summed E-state index contributed by atoms with van der Waals surface area (Å²) in [5.41, 5.74) is 3.88. The number of carbonyl (C=O) groups is 1. The molecule has 0 radical (unpaired) electrons. The number of piperidine rings is 1. The molecule has 2 aromatic carbocycles. The summed E-state index contributed by atoms with van der Waals surface area (Å²) >= 11 is 0. The molecule has 2 heterocycles. The van der Waals surface area contributed by atoms with Crippen molar-refractivity contribution in [2.24, 2.45) is 13.0 Å². The number of rotatable bonds is 4. The van der Waals surface area contributed by atoms with Crippen LogP contribution in [0.5, 0.6) is 0 Å². The highest BCUT2D eigenvalue weighted by Gasteiger charge is 2.17. The number of hydrogen-bond acceptors (Lipinski definition) is 4. The predicted octanol–water partition coefficient (Wildman–Crippen LogP) is 3.86. The lowest BCUT2D eigenvalue weighted by atomic mass is 9.98. The van der Waals surface area contributed by atoms with E-state index < -0.39 is 5.76 Å². The minimum Gasteiger partial charge on any atom is -0.408 e. The zero-order chi connectivity index (χ0) is 20.5. The zero-order valence-corrected chi connectivity index (χ0v) is 17.1. The van der Waals surface area contributed by atoms with Gasteiger partial charge in [-0.05, 0) is 61.6 Å². The van der Waals surface area contributed by atoms with E-state index in [9.17, 15) is 9.59 Å². The van der Waals surface area contributed by atoms with Crippen molar-refractivity contribution < 1.29 is 9.21 Å². The van der Waals surface area contributed by atoms with Gasteiger partial charge in [-0.1, -0.05) is 19.1 Å². The average Bonchev–Trinajstić information content (AvgIpc) is 3.02. The van der Waals surface area contributed by atoms with Crippen LogP contribution >= 0.6 is 0 Å². The van der Waals surface area contributed by atoms with Gasteiger partial charge in [0.05, 0.1) is 11.6 Å². The number of aromatic nitrogens is 1. The van der Waals surface area contributed by atoms with Crippen LogP contribution in [0.1, 0.15) is 48.7 Å². The van der Waals surface area contributed by atoms with Crippen LogP contribution in [0.2, 0.25) is 0 Å². The number of amides is 1. The molecule has 1 amide bonds. The van der Waals surface area contributed by atoms with Gasteiger partial charge < -0.3 is 14.6 Å². The second-order valence-corrected chi connectivity index (χ2v) is 8.07. The average molecular weight is 393 g/mol. The summed E-state index contributed by atoms with van der Waals surface area (Å²) in [6, 6.07) is 13.3. The van der Waals surface area contributed by atoms with E-state index in [0.717, 1.165) is 24.6 Å². The maximum Gasteiger partial charge on any atom is 0.419 e. The van der Waals surface area contributed by atoms with Crippen LogP contribution in [-0.4, -0.2) is 23.6 Å². The van der Waals surface area contributed by atoms with Crippen molar-refractivity contribution in [1.82, 2.24) is 9.88 Å². The van der Waals surface area contributed by atoms with E-state index >= 15 is 0 Å². The fourth-order valence-corrected chi connectivity index (χ4v) is 3.87. The van der Waals surface area contributed by atoms with E-state index in [1.54, 1.807) is 25.2 Å². The summed E-state index contributed by atoms with van der Waals surface area (Å²) in [6.07, 6.45) is 2.47. The molecule has 0 spiro atoms. The topological polar surface area (TPSA) is 67.5 Å². The molecule has 3 aromatic rings. The van der Waals surface area contributed by atoms with Crippen LogP contribution in [0, 0.1) is 5.92 Å². The molecule has 1 aliphatic heterocycles. The number of nitrogens with one attached hydrogen (secondary N) is 1. The van der Waals surface area contributed by atoms with Crippen LogP contribution in [0.15, 0.2) is 51.7 Å². The molecule has 1 fully saturated rings. The molecule has 0 saturated carbocycles. The Balaban J connectivity index is 1.44. The van der Waals surface area contributed by atoms with E-state index in [0.29, 0.717) is 16.7 Å². The van der Waals surface area contributed by atoms with Gasteiger partial charge in [-0.2, -0.15) is 0 Å². The van der Waals surface area contributed by atoms with Crippen LogP contribution in [0.4, 0.5) is 5.69 Å². The quantitative estimate of drug-likeness (QED) is 0.731. The molecule has 1 saturated heterocycles. The molecule has 0 aliphatic carbocycles. The standard InChI is InChI=1S/C23H27N3O3/c1-15-10-12-26(13-11-15)19-7-4-17(5-8-19)16(2)24-22(27)18-6-9-21-20(14-18)25(3)23(28)29-21/h4-9,14-16H,10-13H2,1-3H3,(H,24,27)/t16-/m1/s1. The molecule has 1 aromatic heterocycles. The van der Waals surface area contributed by atoms with Gasteiger partial charge in [0.25, 0.3) is 5.91 Å². The number of oxazole rings is 1. The third kappa shape index (κ3) is 3.92. The Hall–Kier alpha value is -3.02. The number of anilines is 1. The lowest BCUT2D eigenvalue weighted by Crippen LogP contribution is -2.32. The number of benzene rings is 2. The normalized spacial score (nSPS) is 16.2. The second-order valence-electron chi connectivity index (χ2n) is 8.07. The Kier molecular flexibility index (Phi) is 5.18. The minimum absolute atomic E-state index is 0.123. The smallest absolute Gasteiger partial charge is 0.408 e. The van der Waals surface area contributed by atoms with Crippen LogP contribution in [0.3, 0.4) is 0 Å². The van der Waals surface area contributed by atoms with E-state index in [1.807, 2.05) is 6.92 Å². The Morgan fingerprint density at radius 2 is 1.83 bits per heavy atom. The first-order valence-electron chi connectivity index (χ1n) is 10.2. The molecule has 1 aliphatic rings. The van der Waals surface area contributed by atoms with Crippen molar-refractivity contribution in [3.63, 3.8) is 0 Å². The summed E-state index contributed by atoms with van der Waals surface area (Å²) < 4.78 is 6.52. The zero-order valence-electron chi connectivity index (χ0n) is 17.1. The number of nitrogens with zero attached hydrogens (tertiary/aromatic N) is 2. The number of aryl methyl sites for hydroxylation is 1. The Bertz CT molecular complexity index is 1070. The van der Waals surface area contributed by atoms with Gasteiger partial charge in [-0.15, -0.1) is 0 Å². The summed E-state index contributed by atoms with van der Waals surface area (Å²) in [6.45, 7) is 6.49. The van der Waals surface area contributed by atoms with Crippen molar-refractivity contribution in [2.75, 3.05) is 18.0 Å². The highest BCUT2D eigenvalue weighted by atomic mass is 16.4. The monoisotopic (exact) mass is 393 g/mol. The fraction of sp³-hybridized carbons (Fsp3) is 0.391. The van der Waals surface area contributed by atoms with Crippen LogP contribution < -0.4 is 16.0 Å². The number of carbonyl (C=O) groups excluding carboxylic acids is 1. The molecule has 6 nitrogen and oxygen atoms in total. The van der Waals surface area contributed by atoms with Gasteiger partial charge in [0.1, 0.15) is 0 Å². The molecular formula is C23H27N3O3. The lowest BCUT2D eigenvalue weighted by molar-refractivity contribution is 0.0940. The molecule has 1 N–H and O–H groups in total. The number of hydrogen-bond donors (Lipinski definition) is 1. The molecular weight excluding hydrogens is 366 g/mol. The first kappa shape index (κ1) is 19.3. The molecule has 152 valence electrons. The third-order valence-electron chi connectivity index (χ3n) is 5.94. The largest absolute Gasteiger partial charge is 0.419 e. The summed E-state index contributed by atoms with van der Waals surface area (Å²) in [5.74, 6) is 0.195. The maximum absolute atomic E-state index is 12.7. The van der Waals surface area contributed by atoms with Gasteiger partial charge in [0, 0.05) is 31.4 Å². The molecule has 29 heavy (non-hydrogen) atoms. The van der Waals surface area contributed by atoms with Crippen molar-refractivity contribution in [3.8, 4) is 0 Å². The molecule has 0 unspecified atom stereocenters. The first-order chi connectivity index (χ1) is 13.9. The highest BCUT2D eigenvalue weighted by molar-refractivity contribution is 5.97. The van der Waals surface area contributed by atoms with Gasteiger partial charge >= 0.3 is 5.76 Å². The van der Waals surface area contributed by atoms with Crippen molar-refractivity contribution >= 4 is 22.7 Å². The van der Waals surface area contributed by atoms with Gasteiger partial charge in [0.2, 0.25) is 0 Å². The van der Waals surface area contributed by atoms with E-state index in [-0.39, 0.29) is 11.9 Å². The maximum atomic E-state index is 12.7. The lowest BCUT2D eigenvalue weighted by Gasteiger charge is -2.32. The predicted molar refractivity (Wildman–Crippen MR) is 114 cm³/mol. The van der Waals surface area contributed by atoms with E-state index in [1.165, 1.54) is 23.1 Å². The van der Waals surface area contributed by atoms with Gasteiger partial charge in [-0.3, -0.25) is 9.36 Å². The number of fused-ring (bicyclic) bond motifs is 1. The third-order valence-corrected chi connectivity index (χ3v) is 5.94. The fourth-order valence-electron chi connectivity index (χ4n) is 3.87. The van der Waals surface area contributed by atoms with E-state index in [2.05, 4.69) is 41.4 Å². The van der Waals surface area contributed by atoms with E-state index in [4.69, 9.17) is 4.42 Å². The molecule has 4 rings (SSSR count). The van der Waals surface area contributed by atoms with Gasteiger partial charge in [0.15, 0.2) is 5.58 Å². The van der Waals surface area contributed by atoms with Crippen molar-refractivity contribution in [2.45, 2.75) is 32.7 Å². The summed E-state index contributed by atoms with van der Waals surface area (Å²) in [7, 11) is 1.63. The Morgan fingerprint density at radius 1 is 1.14 bits per heavy atom. The summed E-state index contributed by atoms with van der Waals surface area (Å²) in [4.78, 5) is 26.8. The van der Waals surface area contributed by atoms with Crippen molar-refractivity contribution in [1.29, 1.82) is 0 Å². The van der Waals surface area contributed by atoms with Crippen molar-refractivity contribution in [3.05, 3.63) is 64.1 Å². The molecule has 1 atom stereocenters. The SMILES string of the molecule is CC1CCN(c2ccc([C@@H](C)NC(=O)c3ccc4oc(=O)n(C)c4c3)cc2)CC1. The van der Waals surface area contributed by atoms with Gasteiger partial charge in [-0.25, -0.2) is 4.79 Å². The Labute approximate surface area is 170 Å². The first-order valence-corrected chi connectivity index (χ1v) is 10.2. The highest BCUT2D eigenvalue weighted by Crippen LogP contribution is 2.25. The minimum atomic E-state index is -0.436. The second kappa shape index (κ2) is 7.78. The molecule has 6 heteroatoms. The van der Waals surface area contributed by atoms with Crippen LogP contribution in [0.25, 0.3) is 11.1 Å². The van der Waals surface area contributed by atoms with Crippen LogP contribution in [-0.2, 0) is 7.05 Å². The summed E-state index contributed by atoms with van der Waals surface area (Å²) in [5, 5.41) is 3.04. The molecule has 0 bridgehead atoms.